The molecule has 0 aliphatic rings. The third kappa shape index (κ3) is 7.93. The Labute approximate surface area is 78.2 Å². The number of hydrogen-bond donors (Lipinski definition) is 0. The molecule has 0 spiro atoms. The third-order valence-corrected chi connectivity index (χ3v) is 1.43. The van der Waals surface area contributed by atoms with Crippen molar-refractivity contribution in [3.05, 3.63) is 0 Å². The van der Waals surface area contributed by atoms with Crippen LogP contribution in [0, 0.1) is 0 Å². The summed E-state index contributed by atoms with van der Waals surface area (Å²) in [6, 6.07) is 0. The highest BCUT2D eigenvalue weighted by atomic mass is 35.5. The lowest BCUT2D eigenvalue weighted by Crippen LogP contribution is -2.24. The van der Waals surface area contributed by atoms with E-state index in [9.17, 15) is 9.00 Å². The average molecular weight is 216 g/mol. The monoisotopic (exact) mass is 215 g/mol. The van der Waals surface area contributed by atoms with Crippen LogP contribution in [0.3, 0.4) is 0 Å². The molecule has 0 radical (unpaired) electrons. The second kappa shape index (κ2) is 6.36. The van der Waals surface area contributed by atoms with Crippen molar-refractivity contribution in [3.63, 3.8) is 0 Å². The molecule has 0 N–H and O–H groups in total. The Bertz CT molecular complexity index is 177. The van der Waals surface area contributed by atoms with Gasteiger partial charge in [0.2, 0.25) is 0 Å². The Morgan fingerprint density at radius 1 is 1.67 bits per heavy atom. The fourth-order valence-corrected chi connectivity index (χ4v) is 0.981. The topological polar surface area (TPSA) is 55.8 Å². The van der Waals surface area contributed by atoms with E-state index in [2.05, 4.69) is 4.74 Å². The summed E-state index contributed by atoms with van der Waals surface area (Å²) in [4.78, 5) is 10.1. The summed E-state index contributed by atoms with van der Waals surface area (Å²) < 4.78 is 19.6. The summed E-state index contributed by atoms with van der Waals surface area (Å²) in [5.74, 6) is 0. The lowest BCUT2D eigenvalue weighted by atomic mass is 10.7. The van der Waals surface area contributed by atoms with Crippen LogP contribution in [0.4, 0.5) is 4.79 Å². The first-order valence-corrected chi connectivity index (χ1v) is 4.93. The molecule has 1 unspecified atom stereocenters. The molecule has 0 aliphatic carbocycles. The first kappa shape index (κ1) is 11.8. The molecule has 0 aromatic rings. The Balaban J connectivity index is 3.37. The zero-order chi connectivity index (χ0) is 9.56. The van der Waals surface area contributed by atoms with Gasteiger partial charge in [-0.1, -0.05) is 0 Å². The molecule has 0 aromatic carbocycles. The van der Waals surface area contributed by atoms with Crippen LogP contribution in [0.15, 0.2) is 0 Å². The van der Waals surface area contributed by atoms with E-state index < -0.39 is 16.5 Å². The minimum atomic E-state index is -1.36. The molecule has 1 atom stereocenters. The fraction of sp³-hybridized carbons (Fsp3) is 0.800. The van der Waals surface area contributed by atoms with Crippen LogP contribution in [-0.2, 0) is 20.1 Å². The average Bonchev–Trinajstić information content (AvgIpc) is 1.84. The molecule has 0 fully saturated rings. The van der Waals surface area contributed by atoms with Gasteiger partial charge in [-0.25, -0.2) is 9.00 Å². The van der Waals surface area contributed by atoms with Crippen molar-refractivity contribution in [2.24, 2.45) is 0 Å². The van der Waals surface area contributed by atoms with E-state index in [0.29, 0.717) is 6.54 Å². The molecule has 7 heteroatoms. The maximum Gasteiger partial charge on any atom is 0.403 e. The molecule has 0 heterocycles. The van der Waals surface area contributed by atoms with Crippen LogP contribution in [-0.4, -0.2) is 41.2 Å². The van der Waals surface area contributed by atoms with Crippen LogP contribution in [0.2, 0.25) is 0 Å². The highest BCUT2D eigenvalue weighted by Crippen LogP contribution is 1.91. The van der Waals surface area contributed by atoms with E-state index in [0.717, 1.165) is 0 Å². The largest absolute Gasteiger partial charge is 0.452 e. The van der Waals surface area contributed by atoms with Crippen LogP contribution in [0.25, 0.3) is 0 Å². The number of carbonyl (C=O) groups is 1. The van der Waals surface area contributed by atoms with Gasteiger partial charge in [-0.05, 0) is 0 Å². The van der Waals surface area contributed by atoms with Crippen LogP contribution in [0.5, 0.6) is 0 Å². The van der Waals surface area contributed by atoms with Gasteiger partial charge in [-0.15, -0.1) is 0 Å². The summed E-state index contributed by atoms with van der Waals surface area (Å²) in [7, 11) is 1.57. The van der Waals surface area contributed by atoms with E-state index in [1.807, 2.05) is 0 Å². The van der Waals surface area contributed by atoms with Gasteiger partial charge in [0.15, 0.2) is 11.1 Å². The summed E-state index contributed by atoms with van der Waals surface area (Å²) in [6.07, 6.45) is 1.39. The van der Waals surface area contributed by atoms with E-state index in [-0.39, 0.29) is 6.61 Å². The Morgan fingerprint density at radius 2 is 2.25 bits per heavy atom. The molecule has 5 nitrogen and oxygen atoms in total. The van der Waals surface area contributed by atoms with Crippen molar-refractivity contribution in [2.75, 3.05) is 26.5 Å². The molecule has 0 aliphatic heterocycles. The van der Waals surface area contributed by atoms with Crippen molar-refractivity contribution in [3.8, 4) is 0 Å². The van der Waals surface area contributed by atoms with Gasteiger partial charge in [-0.2, -0.15) is 9.35 Å². The number of hydrogen-bond acceptors (Lipinski definition) is 5. The standard InChI is InChI=1S/C5H10ClNO4S/c1-7(11-12(2)9)3-4-10-5(6)8/h3-4H2,1-2H3. The minimum absolute atomic E-state index is 0.107. The Hall–Kier alpha value is -0.170. The normalized spacial score (nSPS) is 13.0. The van der Waals surface area contributed by atoms with Gasteiger partial charge >= 0.3 is 5.43 Å². The molecule has 72 valence electrons. The lowest BCUT2D eigenvalue weighted by molar-refractivity contribution is -0.0276. The molecule has 12 heavy (non-hydrogen) atoms. The van der Waals surface area contributed by atoms with Gasteiger partial charge in [-0.3, -0.25) is 0 Å². The number of likely N-dealkylation sites (N-methyl/N-ethyl adjacent to an activating group) is 1. The smallest absolute Gasteiger partial charge is 0.403 e. The van der Waals surface area contributed by atoms with Crippen LogP contribution >= 0.6 is 11.6 Å². The molecular formula is C5H10ClNO4S. The van der Waals surface area contributed by atoms with Gasteiger partial charge in [0.25, 0.3) is 0 Å². The summed E-state index contributed by atoms with van der Waals surface area (Å²) in [5.41, 5.74) is -0.860. The first-order chi connectivity index (χ1) is 5.52. The third-order valence-electron chi connectivity index (χ3n) is 0.854. The van der Waals surface area contributed by atoms with Crippen molar-refractivity contribution in [1.82, 2.24) is 5.06 Å². The Morgan fingerprint density at radius 3 is 2.67 bits per heavy atom. The zero-order valence-electron chi connectivity index (χ0n) is 6.78. The second-order valence-electron chi connectivity index (χ2n) is 1.91. The molecule has 0 bridgehead atoms. The van der Waals surface area contributed by atoms with Gasteiger partial charge in [0.05, 0.1) is 6.54 Å². The van der Waals surface area contributed by atoms with Gasteiger partial charge in [0, 0.05) is 24.9 Å². The Kier molecular flexibility index (Phi) is 6.27. The fourth-order valence-electron chi connectivity index (χ4n) is 0.471. The number of rotatable bonds is 5. The molecule has 0 aromatic heterocycles. The number of ether oxygens (including phenoxy) is 1. The van der Waals surface area contributed by atoms with E-state index in [1.165, 1.54) is 11.3 Å². The number of carbonyl (C=O) groups excluding carboxylic acids is 1. The molecule has 0 rings (SSSR count). The zero-order valence-corrected chi connectivity index (χ0v) is 8.35. The maximum atomic E-state index is 10.5. The second-order valence-corrected chi connectivity index (χ2v) is 3.17. The molecule has 0 saturated heterocycles. The van der Waals surface area contributed by atoms with Crippen molar-refractivity contribution in [2.45, 2.75) is 0 Å². The number of hydroxylamine groups is 2. The molecular weight excluding hydrogens is 206 g/mol. The van der Waals surface area contributed by atoms with Crippen LogP contribution < -0.4 is 0 Å². The summed E-state index contributed by atoms with van der Waals surface area (Å²) in [6.45, 7) is 0.425. The van der Waals surface area contributed by atoms with E-state index in [1.54, 1.807) is 7.05 Å². The van der Waals surface area contributed by atoms with Crippen molar-refractivity contribution >= 4 is 28.1 Å². The predicted octanol–water partition coefficient (Wildman–Crippen LogP) is 0.519. The van der Waals surface area contributed by atoms with Crippen molar-refractivity contribution in [1.29, 1.82) is 0 Å². The van der Waals surface area contributed by atoms with Gasteiger partial charge < -0.3 is 4.74 Å². The van der Waals surface area contributed by atoms with Crippen molar-refractivity contribution < 1.29 is 18.0 Å². The summed E-state index contributed by atoms with van der Waals surface area (Å²) >= 11 is 3.53. The number of halogens is 1. The first-order valence-electron chi connectivity index (χ1n) is 3.07. The highest BCUT2D eigenvalue weighted by Gasteiger charge is 2.02. The minimum Gasteiger partial charge on any atom is -0.452 e. The van der Waals surface area contributed by atoms with E-state index >= 15 is 0 Å². The summed E-state index contributed by atoms with van der Waals surface area (Å²) in [5, 5.41) is 1.30. The SMILES string of the molecule is CN(CCOC(=O)Cl)OS(C)=O. The van der Waals surface area contributed by atoms with Gasteiger partial charge in [0.1, 0.15) is 6.61 Å². The maximum absolute atomic E-state index is 10.5. The highest BCUT2D eigenvalue weighted by molar-refractivity contribution is 7.79. The predicted molar refractivity (Wildman–Crippen MR) is 45.0 cm³/mol. The molecule has 0 amide bonds. The lowest BCUT2D eigenvalue weighted by Gasteiger charge is -2.12. The van der Waals surface area contributed by atoms with E-state index in [4.69, 9.17) is 15.9 Å². The number of nitrogens with zero attached hydrogens (tertiary/aromatic N) is 1. The molecule has 0 saturated carbocycles. The van der Waals surface area contributed by atoms with Crippen LogP contribution in [0.1, 0.15) is 0 Å². The quantitative estimate of drug-likeness (QED) is 0.494.